The lowest BCUT2D eigenvalue weighted by atomic mass is 10.0. The van der Waals surface area contributed by atoms with Crippen molar-refractivity contribution in [1.29, 1.82) is 0 Å². The Morgan fingerprint density at radius 3 is 2.36 bits per heavy atom. The van der Waals surface area contributed by atoms with Gasteiger partial charge in [0.2, 0.25) is 0 Å². The average molecular weight is 209 g/mol. The maximum atomic E-state index is 6.20. The first kappa shape index (κ1) is 9.60. The van der Waals surface area contributed by atoms with Crippen molar-refractivity contribution in [2.75, 3.05) is 0 Å². The second-order valence-electron chi connectivity index (χ2n) is 3.79. The Hall–Kier alpha value is -0.950. The van der Waals surface area contributed by atoms with Crippen LogP contribution in [-0.2, 0) is 0 Å². The SMILES string of the molecule is Cc1cc2oc(C)c(C)c2c(C)c1Cl. The van der Waals surface area contributed by atoms with Crippen LogP contribution in [0.25, 0.3) is 11.0 Å². The van der Waals surface area contributed by atoms with E-state index >= 15 is 0 Å². The van der Waals surface area contributed by atoms with Gasteiger partial charge in [-0.3, -0.25) is 0 Å². The molecule has 14 heavy (non-hydrogen) atoms. The number of furan rings is 1. The Bertz CT molecular complexity index is 509. The summed E-state index contributed by atoms with van der Waals surface area (Å²) in [4.78, 5) is 0. The molecule has 1 aromatic heterocycles. The van der Waals surface area contributed by atoms with E-state index in [2.05, 4.69) is 6.92 Å². The van der Waals surface area contributed by atoms with E-state index in [0.717, 1.165) is 32.9 Å². The number of benzene rings is 1. The summed E-state index contributed by atoms with van der Waals surface area (Å²) >= 11 is 6.20. The Labute approximate surface area is 88.7 Å². The summed E-state index contributed by atoms with van der Waals surface area (Å²) in [6.45, 7) is 8.10. The predicted molar refractivity (Wildman–Crippen MR) is 60.2 cm³/mol. The second kappa shape index (κ2) is 3.03. The van der Waals surface area contributed by atoms with Gasteiger partial charge in [-0.1, -0.05) is 11.6 Å². The number of fused-ring (bicyclic) bond motifs is 1. The highest BCUT2D eigenvalue weighted by molar-refractivity contribution is 6.33. The Balaban J connectivity index is 2.99. The summed E-state index contributed by atoms with van der Waals surface area (Å²) in [5.41, 5.74) is 4.33. The molecular formula is C12H13ClO. The first-order valence-corrected chi connectivity index (χ1v) is 5.05. The second-order valence-corrected chi connectivity index (χ2v) is 4.17. The molecule has 0 atom stereocenters. The lowest BCUT2D eigenvalue weighted by molar-refractivity contribution is 0.575. The molecule has 74 valence electrons. The lowest BCUT2D eigenvalue weighted by Crippen LogP contribution is -1.83. The van der Waals surface area contributed by atoms with Crippen LogP contribution in [-0.4, -0.2) is 0 Å². The normalized spacial score (nSPS) is 11.2. The smallest absolute Gasteiger partial charge is 0.135 e. The largest absolute Gasteiger partial charge is 0.461 e. The monoisotopic (exact) mass is 208 g/mol. The number of aryl methyl sites for hydroxylation is 4. The zero-order valence-electron chi connectivity index (χ0n) is 8.86. The van der Waals surface area contributed by atoms with Crippen LogP contribution in [0.15, 0.2) is 10.5 Å². The van der Waals surface area contributed by atoms with E-state index in [0.29, 0.717) is 0 Å². The van der Waals surface area contributed by atoms with E-state index in [1.165, 1.54) is 5.56 Å². The predicted octanol–water partition coefficient (Wildman–Crippen LogP) is 4.32. The Morgan fingerprint density at radius 2 is 1.71 bits per heavy atom. The van der Waals surface area contributed by atoms with E-state index in [1.54, 1.807) is 0 Å². The number of hydrogen-bond acceptors (Lipinski definition) is 1. The van der Waals surface area contributed by atoms with Gasteiger partial charge in [-0.15, -0.1) is 0 Å². The van der Waals surface area contributed by atoms with Gasteiger partial charge in [0.1, 0.15) is 11.3 Å². The minimum absolute atomic E-state index is 0.849. The molecule has 2 heteroatoms. The standard InChI is InChI=1S/C12H13ClO/c1-6-5-10-11(8(3)12(6)13)7(2)9(4)14-10/h5H,1-4H3. The van der Waals surface area contributed by atoms with Crippen molar-refractivity contribution in [3.8, 4) is 0 Å². The van der Waals surface area contributed by atoms with Crippen molar-refractivity contribution in [3.63, 3.8) is 0 Å². The molecule has 2 aromatic rings. The van der Waals surface area contributed by atoms with E-state index < -0.39 is 0 Å². The van der Waals surface area contributed by atoms with Crippen molar-refractivity contribution in [2.45, 2.75) is 27.7 Å². The molecule has 0 radical (unpaired) electrons. The van der Waals surface area contributed by atoms with Gasteiger partial charge in [-0.25, -0.2) is 0 Å². The van der Waals surface area contributed by atoms with Crippen molar-refractivity contribution in [1.82, 2.24) is 0 Å². The summed E-state index contributed by atoms with van der Waals surface area (Å²) in [6.07, 6.45) is 0. The van der Waals surface area contributed by atoms with Gasteiger partial charge < -0.3 is 4.42 Å². The highest BCUT2D eigenvalue weighted by Gasteiger charge is 2.13. The van der Waals surface area contributed by atoms with Crippen molar-refractivity contribution < 1.29 is 4.42 Å². The molecule has 2 rings (SSSR count). The topological polar surface area (TPSA) is 13.1 Å². The van der Waals surface area contributed by atoms with Crippen LogP contribution in [0, 0.1) is 27.7 Å². The highest BCUT2D eigenvalue weighted by atomic mass is 35.5. The van der Waals surface area contributed by atoms with Crippen LogP contribution in [0.5, 0.6) is 0 Å². The summed E-state index contributed by atoms with van der Waals surface area (Å²) in [5.74, 6) is 0.977. The molecule has 0 aliphatic heterocycles. The molecule has 1 nitrogen and oxygen atoms in total. The molecule has 1 aromatic carbocycles. The highest BCUT2D eigenvalue weighted by Crippen LogP contribution is 2.33. The minimum atomic E-state index is 0.849. The molecular weight excluding hydrogens is 196 g/mol. The third kappa shape index (κ3) is 1.16. The molecule has 0 fully saturated rings. The molecule has 0 amide bonds. The van der Waals surface area contributed by atoms with Crippen LogP contribution in [0.3, 0.4) is 0 Å². The maximum Gasteiger partial charge on any atom is 0.135 e. The molecule has 0 bridgehead atoms. The van der Waals surface area contributed by atoms with E-state index in [-0.39, 0.29) is 0 Å². The fourth-order valence-corrected chi connectivity index (χ4v) is 2.04. The number of rotatable bonds is 0. The third-order valence-electron chi connectivity index (χ3n) is 2.81. The van der Waals surface area contributed by atoms with Gasteiger partial charge in [0.25, 0.3) is 0 Å². The lowest BCUT2D eigenvalue weighted by Gasteiger charge is -2.03. The van der Waals surface area contributed by atoms with Crippen molar-refractivity contribution in [2.24, 2.45) is 0 Å². The van der Waals surface area contributed by atoms with Crippen LogP contribution >= 0.6 is 11.6 Å². The van der Waals surface area contributed by atoms with Gasteiger partial charge in [-0.2, -0.15) is 0 Å². The van der Waals surface area contributed by atoms with Gasteiger partial charge in [-0.05, 0) is 50.5 Å². The summed E-state index contributed by atoms with van der Waals surface area (Å²) in [7, 11) is 0. The molecule has 0 saturated heterocycles. The van der Waals surface area contributed by atoms with Gasteiger partial charge in [0.15, 0.2) is 0 Å². The van der Waals surface area contributed by atoms with Gasteiger partial charge in [0, 0.05) is 10.4 Å². The van der Waals surface area contributed by atoms with E-state index in [1.807, 2.05) is 26.8 Å². The van der Waals surface area contributed by atoms with Gasteiger partial charge in [0.05, 0.1) is 0 Å². The first-order chi connectivity index (χ1) is 6.52. The van der Waals surface area contributed by atoms with Crippen LogP contribution < -0.4 is 0 Å². The van der Waals surface area contributed by atoms with Crippen LogP contribution in [0.4, 0.5) is 0 Å². The van der Waals surface area contributed by atoms with Crippen molar-refractivity contribution in [3.05, 3.63) is 33.5 Å². The maximum absolute atomic E-state index is 6.20. The molecule has 0 spiro atoms. The molecule has 0 saturated carbocycles. The average Bonchev–Trinajstić information content (AvgIpc) is 2.39. The zero-order chi connectivity index (χ0) is 10.5. The molecule has 1 heterocycles. The summed E-state index contributed by atoms with van der Waals surface area (Å²) in [6, 6.07) is 2.00. The van der Waals surface area contributed by atoms with E-state index in [4.69, 9.17) is 16.0 Å². The Morgan fingerprint density at radius 1 is 1.07 bits per heavy atom. The molecule has 0 N–H and O–H groups in total. The van der Waals surface area contributed by atoms with E-state index in [9.17, 15) is 0 Å². The number of hydrogen-bond donors (Lipinski definition) is 0. The number of halogens is 1. The summed E-state index contributed by atoms with van der Waals surface area (Å²) in [5, 5.41) is 2.01. The van der Waals surface area contributed by atoms with Crippen LogP contribution in [0.2, 0.25) is 5.02 Å². The molecule has 0 unspecified atom stereocenters. The minimum Gasteiger partial charge on any atom is -0.461 e. The zero-order valence-corrected chi connectivity index (χ0v) is 9.62. The molecule has 0 aliphatic rings. The fraction of sp³-hybridized carbons (Fsp3) is 0.333. The first-order valence-electron chi connectivity index (χ1n) is 4.67. The van der Waals surface area contributed by atoms with Crippen molar-refractivity contribution >= 4 is 22.6 Å². The molecule has 0 aliphatic carbocycles. The van der Waals surface area contributed by atoms with Gasteiger partial charge >= 0.3 is 0 Å². The fourth-order valence-electron chi connectivity index (χ4n) is 1.89. The van der Waals surface area contributed by atoms with Crippen LogP contribution in [0.1, 0.15) is 22.5 Å². The third-order valence-corrected chi connectivity index (χ3v) is 3.39. The quantitative estimate of drug-likeness (QED) is 0.629. The summed E-state index contributed by atoms with van der Waals surface area (Å²) < 4.78 is 5.66. The Kier molecular flexibility index (Phi) is 2.07.